The summed E-state index contributed by atoms with van der Waals surface area (Å²) in [6.45, 7) is 1.64. The Morgan fingerprint density at radius 2 is 1.82 bits per heavy atom. The molecular formula is C12H19NO3S. The van der Waals surface area contributed by atoms with Crippen molar-refractivity contribution in [2.75, 3.05) is 13.4 Å². The Labute approximate surface area is 103 Å². The molecule has 2 N–H and O–H groups in total. The molecule has 0 heterocycles. The van der Waals surface area contributed by atoms with E-state index in [1.807, 2.05) is 24.3 Å². The molecule has 96 valence electrons. The van der Waals surface area contributed by atoms with E-state index in [0.717, 1.165) is 11.3 Å². The Bertz CT molecular complexity index is 453. The molecule has 0 aliphatic carbocycles. The van der Waals surface area contributed by atoms with Crippen LogP contribution in [0.3, 0.4) is 0 Å². The Balaban J connectivity index is 2.71. The molecule has 1 aromatic rings. The van der Waals surface area contributed by atoms with Gasteiger partial charge in [0.25, 0.3) is 0 Å². The van der Waals surface area contributed by atoms with Crippen LogP contribution < -0.4 is 10.5 Å². The largest absolute Gasteiger partial charge is 0.497 e. The van der Waals surface area contributed by atoms with E-state index in [1.54, 1.807) is 14.0 Å². The van der Waals surface area contributed by atoms with E-state index in [4.69, 9.17) is 10.5 Å². The minimum absolute atomic E-state index is 0.390. The van der Waals surface area contributed by atoms with Gasteiger partial charge in [0, 0.05) is 12.3 Å². The van der Waals surface area contributed by atoms with Crippen LogP contribution in [-0.4, -0.2) is 33.1 Å². The zero-order chi connectivity index (χ0) is 13.1. The predicted octanol–water partition coefficient (Wildman–Crippen LogP) is 0.998. The first-order valence-electron chi connectivity index (χ1n) is 5.42. The topological polar surface area (TPSA) is 69.4 Å². The third kappa shape index (κ3) is 4.02. The molecule has 0 radical (unpaired) electrons. The van der Waals surface area contributed by atoms with Crippen molar-refractivity contribution >= 4 is 9.84 Å². The molecule has 17 heavy (non-hydrogen) atoms. The molecule has 0 spiro atoms. The maximum absolute atomic E-state index is 11.4. The lowest BCUT2D eigenvalue weighted by Gasteiger charge is -2.18. The van der Waals surface area contributed by atoms with Crippen molar-refractivity contribution < 1.29 is 13.2 Å². The first kappa shape index (κ1) is 14.0. The van der Waals surface area contributed by atoms with Crippen molar-refractivity contribution in [1.29, 1.82) is 0 Å². The first-order chi connectivity index (χ1) is 7.84. The number of rotatable bonds is 5. The van der Waals surface area contributed by atoms with Gasteiger partial charge in [0.2, 0.25) is 0 Å². The maximum atomic E-state index is 11.4. The van der Waals surface area contributed by atoms with Gasteiger partial charge in [0.1, 0.15) is 5.75 Å². The summed E-state index contributed by atoms with van der Waals surface area (Å²) >= 11 is 0. The highest BCUT2D eigenvalue weighted by atomic mass is 32.2. The molecule has 1 aromatic carbocycles. The lowest BCUT2D eigenvalue weighted by molar-refractivity contribution is 0.414. The summed E-state index contributed by atoms with van der Waals surface area (Å²) in [5.41, 5.74) is 6.90. The van der Waals surface area contributed by atoms with Gasteiger partial charge in [-0.1, -0.05) is 12.1 Å². The average molecular weight is 257 g/mol. The van der Waals surface area contributed by atoms with Crippen molar-refractivity contribution in [3.63, 3.8) is 0 Å². The Morgan fingerprint density at radius 1 is 1.29 bits per heavy atom. The molecule has 0 fully saturated rings. The van der Waals surface area contributed by atoms with Crippen LogP contribution in [-0.2, 0) is 16.3 Å². The summed E-state index contributed by atoms with van der Waals surface area (Å²) in [7, 11) is -1.48. The Hall–Kier alpha value is -1.07. The lowest BCUT2D eigenvalue weighted by atomic mass is 10.0. The van der Waals surface area contributed by atoms with Crippen molar-refractivity contribution in [3.8, 4) is 5.75 Å². The predicted molar refractivity (Wildman–Crippen MR) is 69.0 cm³/mol. The van der Waals surface area contributed by atoms with E-state index in [2.05, 4.69) is 0 Å². The van der Waals surface area contributed by atoms with Gasteiger partial charge in [0.05, 0.1) is 12.4 Å². The summed E-state index contributed by atoms with van der Waals surface area (Å²) in [5.74, 6) is 0.776. The number of ether oxygens (including phenoxy) is 1. The molecular weight excluding hydrogens is 238 g/mol. The molecule has 0 aromatic heterocycles. The van der Waals surface area contributed by atoms with E-state index in [-0.39, 0.29) is 0 Å². The van der Waals surface area contributed by atoms with E-state index in [0.29, 0.717) is 6.42 Å². The summed E-state index contributed by atoms with van der Waals surface area (Å²) < 4.78 is 27.8. The Kier molecular flexibility index (Phi) is 4.54. The fourth-order valence-electron chi connectivity index (χ4n) is 1.52. The standard InChI is InChI=1S/C12H19NO3S/c1-9(17(3,14)15)12(13)8-10-4-6-11(16-2)7-5-10/h4-7,9,12H,8,13H2,1-3H3. The molecule has 1 rings (SSSR count). The third-order valence-corrected chi connectivity index (χ3v) is 4.61. The van der Waals surface area contributed by atoms with Crippen molar-refractivity contribution in [2.24, 2.45) is 5.73 Å². The number of nitrogens with two attached hydrogens (primary N) is 1. The molecule has 4 nitrogen and oxygen atoms in total. The maximum Gasteiger partial charge on any atom is 0.151 e. The smallest absolute Gasteiger partial charge is 0.151 e. The van der Waals surface area contributed by atoms with E-state index >= 15 is 0 Å². The zero-order valence-electron chi connectivity index (χ0n) is 10.4. The lowest BCUT2D eigenvalue weighted by Crippen LogP contribution is -2.39. The van der Waals surface area contributed by atoms with Gasteiger partial charge in [-0.25, -0.2) is 8.42 Å². The van der Waals surface area contributed by atoms with E-state index < -0.39 is 21.1 Å². The molecule has 0 aliphatic rings. The van der Waals surface area contributed by atoms with Crippen LogP contribution in [0.2, 0.25) is 0 Å². The minimum atomic E-state index is -3.08. The highest BCUT2D eigenvalue weighted by Crippen LogP contribution is 2.14. The molecule has 2 unspecified atom stereocenters. The highest BCUT2D eigenvalue weighted by molar-refractivity contribution is 7.91. The SMILES string of the molecule is COc1ccc(CC(N)C(C)S(C)(=O)=O)cc1. The van der Waals surface area contributed by atoms with Gasteiger partial charge >= 0.3 is 0 Å². The van der Waals surface area contributed by atoms with Gasteiger partial charge < -0.3 is 10.5 Å². The Morgan fingerprint density at radius 3 is 2.24 bits per heavy atom. The van der Waals surface area contributed by atoms with E-state index in [1.165, 1.54) is 6.26 Å². The second-order valence-electron chi connectivity index (χ2n) is 4.25. The van der Waals surface area contributed by atoms with E-state index in [9.17, 15) is 8.42 Å². The summed E-state index contributed by atoms with van der Waals surface area (Å²) in [6.07, 6.45) is 1.75. The van der Waals surface area contributed by atoms with Gasteiger partial charge in [-0.05, 0) is 31.0 Å². The third-order valence-electron chi connectivity index (χ3n) is 2.91. The van der Waals surface area contributed by atoms with Crippen LogP contribution in [0.5, 0.6) is 5.75 Å². The second kappa shape index (κ2) is 5.51. The summed E-state index contributed by atoms with van der Waals surface area (Å²) in [6, 6.07) is 7.08. The second-order valence-corrected chi connectivity index (χ2v) is 6.65. The number of sulfone groups is 1. The fourth-order valence-corrected chi connectivity index (χ4v) is 2.25. The van der Waals surface area contributed by atoms with Crippen molar-refractivity contribution in [1.82, 2.24) is 0 Å². The van der Waals surface area contributed by atoms with Crippen LogP contribution in [0.25, 0.3) is 0 Å². The van der Waals surface area contributed by atoms with Crippen LogP contribution >= 0.6 is 0 Å². The summed E-state index contributed by atoms with van der Waals surface area (Å²) in [5, 5.41) is -0.537. The van der Waals surface area contributed by atoms with Crippen LogP contribution in [0.1, 0.15) is 12.5 Å². The minimum Gasteiger partial charge on any atom is -0.497 e. The fraction of sp³-hybridized carbons (Fsp3) is 0.500. The number of hydrogen-bond donors (Lipinski definition) is 1. The molecule has 5 heteroatoms. The highest BCUT2D eigenvalue weighted by Gasteiger charge is 2.22. The molecule has 0 amide bonds. The van der Waals surface area contributed by atoms with Gasteiger partial charge in [-0.15, -0.1) is 0 Å². The zero-order valence-corrected chi connectivity index (χ0v) is 11.2. The number of methoxy groups -OCH3 is 1. The van der Waals surface area contributed by atoms with Gasteiger partial charge in [0.15, 0.2) is 9.84 Å². The molecule has 0 saturated heterocycles. The molecule has 0 aliphatic heterocycles. The number of hydrogen-bond acceptors (Lipinski definition) is 4. The van der Waals surface area contributed by atoms with Crippen molar-refractivity contribution in [2.45, 2.75) is 24.6 Å². The molecule has 0 saturated carbocycles. The van der Waals surface area contributed by atoms with Crippen LogP contribution in [0, 0.1) is 0 Å². The van der Waals surface area contributed by atoms with Crippen LogP contribution in [0.4, 0.5) is 0 Å². The molecule has 2 atom stereocenters. The van der Waals surface area contributed by atoms with Gasteiger partial charge in [-0.2, -0.15) is 0 Å². The number of benzene rings is 1. The first-order valence-corrected chi connectivity index (χ1v) is 7.37. The monoisotopic (exact) mass is 257 g/mol. The quantitative estimate of drug-likeness (QED) is 0.854. The molecule has 0 bridgehead atoms. The summed E-state index contributed by atoms with van der Waals surface area (Å²) in [4.78, 5) is 0. The van der Waals surface area contributed by atoms with Gasteiger partial charge in [-0.3, -0.25) is 0 Å². The van der Waals surface area contributed by atoms with Crippen LogP contribution in [0.15, 0.2) is 24.3 Å². The van der Waals surface area contributed by atoms with Crippen molar-refractivity contribution in [3.05, 3.63) is 29.8 Å². The average Bonchev–Trinajstić information content (AvgIpc) is 2.27. The normalized spacial score (nSPS) is 15.3.